The van der Waals surface area contributed by atoms with E-state index < -0.39 is 5.79 Å². The molecule has 0 spiro atoms. The van der Waals surface area contributed by atoms with E-state index in [0.717, 1.165) is 44.9 Å². The van der Waals surface area contributed by atoms with Crippen LogP contribution in [0.25, 0.3) is 0 Å². The number of hydrogen-bond donors (Lipinski definition) is 0. The van der Waals surface area contributed by atoms with E-state index in [9.17, 15) is 4.79 Å². The van der Waals surface area contributed by atoms with Crippen molar-refractivity contribution >= 4 is 5.97 Å². The lowest BCUT2D eigenvalue weighted by atomic mass is 10.0. The summed E-state index contributed by atoms with van der Waals surface area (Å²) >= 11 is 0. The fraction of sp³-hybridized carbons (Fsp3) is 0.929. The molecule has 0 fully saturated rings. The molecule has 3 nitrogen and oxygen atoms in total. The fourth-order valence-electron chi connectivity index (χ4n) is 1.89. The summed E-state index contributed by atoms with van der Waals surface area (Å²) in [5.41, 5.74) is 0. The Labute approximate surface area is 106 Å². The van der Waals surface area contributed by atoms with Gasteiger partial charge >= 0.3 is 5.97 Å². The molecule has 0 radical (unpaired) electrons. The van der Waals surface area contributed by atoms with E-state index in [4.69, 9.17) is 9.47 Å². The van der Waals surface area contributed by atoms with Crippen LogP contribution in [0.2, 0.25) is 0 Å². The highest BCUT2D eigenvalue weighted by Crippen LogP contribution is 2.27. The molecule has 0 rings (SSSR count). The molecule has 3 heteroatoms. The molecule has 1 unspecified atom stereocenters. The van der Waals surface area contributed by atoms with Gasteiger partial charge in [0.2, 0.25) is 5.79 Å². The van der Waals surface area contributed by atoms with Crippen LogP contribution in [-0.2, 0) is 14.3 Å². The first-order valence-electron chi connectivity index (χ1n) is 6.93. The van der Waals surface area contributed by atoms with E-state index in [1.807, 2.05) is 0 Å². The molecule has 0 aliphatic heterocycles. The van der Waals surface area contributed by atoms with Crippen molar-refractivity contribution in [2.75, 3.05) is 6.61 Å². The number of carbonyl (C=O) groups excluding carboxylic acids is 1. The largest absolute Gasteiger partial charge is 0.433 e. The molecule has 0 aromatic rings. The van der Waals surface area contributed by atoms with Crippen LogP contribution in [0.4, 0.5) is 0 Å². The molecule has 0 N–H and O–H groups in total. The highest BCUT2D eigenvalue weighted by Gasteiger charge is 2.32. The molecular formula is C14H28O3. The van der Waals surface area contributed by atoms with Crippen molar-refractivity contribution < 1.29 is 14.3 Å². The lowest BCUT2D eigenvalue weighted by molar-refractivity contribution is -0.237. The number of ether oxygens (including phenoxy) is 2. The van der Waals surface area contributed by atoms with Crippen LogP contribution in [0.1, 0.15) is 72.6 Å². The van der Waals surface area contributed by atoms with Gasteiger partial charge in [0.25, 0.3) is 0 Å². The summed E-state index contributed by atoms with van der Waals surface area (Å²) < 4.78 is 11.3. The molecular weight excluding hydrogens is 216 g/mol. The zero-order valence-corrected chi connectivity index (χ0v) is 11.9. The van der Waals surface area contributed by atoms with Crippen molar-refractivity contribution in [1.82, 2.24) is 0 Å². The second-order valence-corrected chi connectivity index (χ2v) is 4.56. The van der Waals surface area contributed by atoms with Gasteiger partial charge in [-0.05, 0) is 19.3 Å². The molecule has 0 aliphatic rings. The third-order valence-electron chi connectivity index (χ3n) is 2.73. The molecule has 0 aliphatic carbocycles. The summed E-state index contributed by atoms with van der Waals surface area (Å²) in [6, 6.07) is 0. The van der Waals surface area contributed by atoms with Gasteiger partial charge in [-0.2, -0.15) is 0 Å². The zero-order chi connectivity index (χ0) is 13.1. The van der Waals surface area contributed by atoms with Gasteiger partial charge in [-0.25, -0.2) is 0 Å². The lowest BCUT2D eigenvalue weighted by Crippen LogP contribution is -2.38. The maximum atomic E-state index is 11.2. The predicted octanol–water partition coefficient (Wildman–Crippen LogP) is 4.05. The SMILES string of the molecule is CCCCOC(CCC)(CCCC)OC(C)=O. The number of hydrogen-bond acceptors (Lipinski definition) is 3. The predicted molar refractivity (Wildman–Crippen MR) is 69.8 cm³/mol. The number of unbranched alkanes of at least 4 members (excludes halogenated alkanes) is 2. The topological polar surface area (TPSA) is 35.5 Å². The molecule has 0 heterocycles. The quantitative estimate of drug-likeness (QED) is 0.330. The maximum absolute atomic E-state index is 11.2. The Kier molecular flexibility index (Phi) is 9.14. The second-order valence-electron chi connectivity index (χ2n) is 4.56. The van der Waals surface area contributed by atoms with Crippen molar-refractivity contribution in [3.8, 4) is 0 Å². The minimum absolute atomic E-state index is 0.244. The number of carbonyl (C=O) groups is 1. The van der Waals surface area contributed by atoms with Crippen molar-refractivity contribution in [3.05, 3.63) is 0 Å². The van der Waals surface area contributed by atoms with Crippen LogP contribution < -0.4 is 0 Å². The third-order valence-corrected chi connectivity index (χ3v) is 2.73. The standard InChI is InChI=1S/C14H28O3/c1-5-8-11-14(10-7-3,17-13(4)15)16-12-9-6-2/h5-12H2,1-4H3. The molecule has 1 atom stereocenters. The average Bonchev–Trinajstić information content (AvgIpc) is 2.26. The minimum atomic E-state index is -0.675. The molecule has 0 aromatic heterocycles. The van der Waals surface area contributed by atoms with E-state index in [-0.39, 0.29) is 5.97 Å². The zero-order valence-electron chi connectivity index (χ0n) is 11.9. The van der Waals surface area contributed by atoms with Crippen LogP contribution in [0.5, 0.6) is 0 Å². The second kappa shape index (κ2) is 9.46. The molecule has 0 aromatic carbocycles. The van der Waals surface area contributed by atoms with Crippen LogP contribution >= 0.6 is 0 Å². The molecule has 0 saturated carbocycles. The maximum Gasteiger partial charge on any atom is 0.305 e. The summed E-state index contributed by atoms with van der Waals surface area (Å²) in [6.07, 6.45) is 6.78. The van der Waals surface area contributed by atoms with E-state index >= 15 is 0 Å². The first-order chi connectivity index (χ1) is 8.10. The molecule has 0 saturated heterocycles. The smallest absolute Gasteiger partial charge is 0.305 e. The van der Waals surface area contributed by atoms with Crippen LogP contribution in [-0.4, -0.2) is 18.4 Å². The first kappa shape index (κ1) is 16.4. The van der Waals surface area contributed by atoms with Crippen LogP contribution in [0.3, 0.4) is 0 Å². The Morgan fingerprint density at radius 3 is 2.12 bits per heavy atom. The van der Waals surface area contributed by atoms with E-state index in [2.05, 4.69) is 20.8 Å². The van der Waals surface area contributed by atoms with Crippen LogP contribution in [0.15, 0.2) is 0 Å². The lowest BCUT2D eigenvalue weighted by Gasteiger charge is -2.33. The van der Waals surface area contributed by atoms with Crippen molar-refractivity contribution in [2.45, 2.75) is 78.4 Å². The average molecular weight is 244 g/mol. The summed E-state index contributed by atoms with van der Waals surface area (Å²) in [4.78, 5) is 11.2. The van der Waals surface area contributed by atoms with Gasteiger partial charge in [0.05, 0.1) is 6.61 Å². The first-order valence-corrected chi connectivity index (χ1v) is 6.93. The normalized spacial score (nSPS) is 14.4. The molecule has 0 amide bonds. The van der Waals surface area contributed by atoms with E-state index in [0.29, 0.717) is 6.61 Å². The Balaban J connectivity index is 4.49. The highest BCUT2D eigenvalue weighted by molar-refractivity contribution is 5.66. The van der Waals surface area contributed by atoms with Gasteiger partial charge in [0, 0.05) is 19.8 Å². The van der Waals surface area contributed by atoms with Gasteiger partial charge < -0.3 is 9.47 Å². The summed E-state index contributed by atoms with van der Waals surface area (Å²) in [7, 11) is 0. The van der Waals surface area contributed by atoms with Gasteiger partial charge in [-0.1, -0.05) is 33.6 Å². The molecule has 17 heavy (non-hydrogen) atoms. The van der Waals surface area contributed by atoms with E-state index in [1.165, 1.54) is 6.92 Å². The minimum Gasteiger partial charge on any atom is -0.433 e. The van der Waals surface area contributed by atoms with Crippen molar-refractivity contribution in [3.63, 3.8) is 0 Å². The molecule has 0 bridgehead atoms. The molecule has 102 valence electrons. The summed E-state index contributed by atoms with van der Waals surface area (Å²) in [5.74, 6) is -0.919. The van der Waals surface area contributed by atoms with Crippen LogP contribution in [0, 0.1) is 0 Å². The van der Waals surface area contributed by atoms with Gasteiger partial charge in [0.1, 0.15) is 0 Å². The summed E-state index contributed by atoms with van der Waals surface area (Å²) in [6.45, 7) is 8.49. The Bertz CT molecular complexity index is 204. The highest BCUT2D eigenvalue weighted by atomic mass is 16.7. The van der Waals surface area contributed by atoms with Gasteiger partial charge in [0.15, 0.2) is 0 Å². The number of rotatable bonds is 10. The van der Waals surface area contributed by atoms with Gasteiger partial charge in [-0.15, -0.1) is 0 Å². The third kappa shape index (κ3) is 7.37. The van der Waals surface area contributed by atoms with Gasteiger partial charge in [-0.3, -0.25) is 4.79 Å². The fourth-order valence-corrected chi connectivity index (χ4v) is 1.89. The number of esters is 1. The van der Waals surface area contributed by atoms with Crippen molar-refractivity contribution in [2.24, 2.45) is 0 Å². The van der Waals surface area contributed by atoms with Crippen molar-refractivity contribution in [1.29, 1.82) is 0 Å². The van der Waals surface area contributed by atoms with E-state index in [1.54, 1.807) is 0 Å². The summed E-state index contributed by atoms with van der Waals surface area (Å²) in [5, 5.41) is 0. The Morgan fingerprint density at radius 1 is 1.00 bits per heavy atom. The Morgan fingerprint density at radius 2 is 1.65 bits per heavy atom. The Hall–Kier alpha value is -0.570. The monoisotopic (exact) mass is 244 g/mol.